The summed E-state index contributed by atoms with van der Waals surface area (Å²) in [6.07, 6.45) is 0.155. The molecule has 23 heavy (non-hydrogen) atoms. The Hall–Kier alpha value is -3.59. The van der Waals surface area contributed by atoms with Crippen LogP contribution in [0.15, 0.2) is 39.8 Å². The van der Waals surface area contributed by atoms with E-state index in [0.717, 1.165) is 5.56 Å². The maximum atomic E-state index is 11.5. The van der Waals surface area contributed by atoms with Crippen molar-refractivity contribution in [2.45, 2.75) is 13.3 Å². The Morgan fingerprint density at radius 3 is 2.57 bits per heavy atom. The van der Waals surface area contributed by atoms with Crippen molar-refractivity contribution in [3.63, 3.8) is 0 Å². The van der Waals surface area contributed by atoms with Crippen LogP contribution in [0.3, 0.4) is 0 Å². The van der Waals surface area contributed by atoms with Crippen LogP contribution in [0.1, 0.15) is 18.9 Å². The molecule has 0 spiro atoms. The minimum absolute atomic E-state index is 0.138. The minimum Gasteiger partial charge on any atom is -0.277 e. The molecule has 0 unspecified atom stereocenters. The zero-order valence-electron chi connectivity index (χ0n) is 12.1. The molecule has 0 saturated heterocycles. The molecule has 1 aromatic rings. The molecule has 1 N–H and O–H groups in total. The van der Waals surface area contributed by atoms with Gasteiger partial charge in [-0.2, -0.15) is 15.6 Å². The lowest BCUT2D eigenvalue weighted by atomic mass is 9.94. The van der Waals surface area contributed by atoms with Gasteiger partial charge >= 0.3 is 0 Å². The van der Waals surface area contributed by atoms with Gasteiger partial charge in [-0.3, -0.25) is 10.2 Å². The van der Waals surface area contributed by atoms with Gasteiger partial charge in [0.2, 0.25) is 5.71 Å². The van der Waals surface area contributed by atoms with Crippen molar-refractivity contribution in [1.29, 1.82) is 10.5 Å². The average molecular weight is 309 g/mol. The van der Waals surface area contributed by atoms with Crippen LogP contribution in [0.5, 0.6) is 0 Å². The average Bonchev–Trinajstić information content (AvgIpc) is 2.57. The summed E-state index contributed by atoms with van der Waals surface area (Å²) in [5.74, 6) is -0.578. The summed E-state index contributed by atoms with van der Waals surface area (Å²) in [7, 11) is 0. The van der Waals surface area contributed by atoms with Gasteiger partial charge in [0.05, 0.1) is 16.7 Å². The highest BCUT2D eigenvalue weighted by Gasteiger charge is 2.28. The number of hydrazone groups is 2. The normalized spacial score (nSPS) is 16.7. The van der Waals surface area contributed by atoms with Gasteiger partial charge in [0.1, 0.15) is 12.1 Å². The highest BCUT2D eigenvalue weighted by atomic mass is 16.3. The van der Waals surface area contributed by atoms with E-state index in [1.54, 1.807) is 36.4 Å². The molecule has 0 aromatic heterocycles. The lowest BCUT2D eigenvalue weighted by Gasteiger charge is -2.22. The second-order valence-electron chi connectivity index (χ2n) is 4.73. The number of hydrogen-bond acceptors (Lipinski definition) is 8. The Bertz CT molecular complexity index is 752. The molecule has 1 aliphatic heterocycles. The maximum absolute atomic E-state index is 11.5. The fourth-order valence-corrected chi connectivity index (χ4v) is 2.01. The first kappa shape index (κ1) is 15.8. The highest BCUT2D eigenvalue weighted by molar-refractivity contribution is 6.10. The van der Waals surface area contributed by atoms with Crippen molar-refractivity contribution in [3.05, 3.63) is 34.7 Å². The lowest BCUT2D eigenvalue weighted by molar-refractivity contribution is -0.132. The SMILES string of the molecule is C[C@@H]1CC(=O)N(N=O)N=C1c1ccc(NN=C(C#N)C#N)cc1. The zero-order valence-corrected chi connectivity index (χ0v) is 12.1. The molecule has 0 fully saturated rings. The fraction of sp³-hybridized carbons (Fsp3) is 0.214. The Balaban J connectivity index is 2.21. The number of amides is 1. The minimum atomic E-state index is -0.440. The Labute approximate surface area is 131 Å². The number of carbonyl (C=O) groups excluding carboxylic acids is 1. The molecule has 0 saturated carbocycles. The number of benzene rings is 1. The summed E-state index contributed by atoms with van der Waals surface area (Å²) in [6.45, 7) is 1.83. The summed E-state index contributed by atoms with van der Waals surface area (Å²) in [5.41, 5.74) is 4.18. The number of nitroso groups, excluding NO2 is 1. The van der Waals surface area contributed by atoms with Crippen molar-refractivity contribution in [2.75, 3.05) is 5.43 Å². The van der Waals surface area contributed by atoms with Gasteiger partial charge in [0.15, 0.2) is 0 Å². The molecule has 0 radical (unpaired) electrons. The molecule has 0 aliphatic carbocycles. The van der Waals surface area contributed by atoms with Gasteiger partial charge < -0.3 is 0 Å². The number of hydrogen-bond donors (Lipinski definition) is 1. The molecule has 9 heteroatoms. The molecule has 1 aliphatic rings. The van der Waals surface area contributed by atoms with E-state index in [4.69, 9.17) is 10.5 Å². The first-order valence-corrected chi connectivity index (χ1v) is 6.58. The van der Waals surface area contributed by atoms with E-state index in [1.807, 2.05) is 6.92 Å². The standard InChI is InChI=1S/C14H11N7O2/c1-9-6-13(22)21(20-23)19-14(9)10-2-4-11(5-3-10)17-18-12(7-15)8-16/h2-5,9,17H,6H2,1H3/t9-/m1/s1. The van der Waals surface area contributed by atoms with E-state index in [1.165, 1.54) is 0 Å². The Morgan fingerprint density at radius 1 is 1.35 bits per heavy atom. The number of anilines is 1. The third-order valence-electron chi connectivity index (χ3n) is 3.14. The fourth-order valence-electron chi connectivity index (χ4n) is 2.01. The number of nitrogens with one attached hydrogen (secondary N) is 1. The van der Waals surface area contributed by atoms with E-state index in [-0.39, 0.29) is 18.1 Å². The number of rotatable bonds is 4. The number of carbonyl (C=O) groups is 1. The Morgan fingerprint density at radius 2 is 2.00 bits per heavy atom. The Kier molecular flexibility index (Phi) is 4.75. The summed E-state index contributed by atoms with van der Waals surface area (Å²) < 4.78 is 0. The van der Waals surface area contributed by atoms with Gasteiger partial charge in [0, 0.05) is 12.3 Å². The predicted molar refractivity (Wildman–Crippen MR) is 81.7 cm³/mol. The molecule has 114 valence electrons. The van der Waals surface area contributed by atoms with Crippen molar-refractivity contribution in [2.24, 2.45) is 21.4 Å². The monoisotopic (exact) mass is 309 g/mol. The van der Waals surface area contributed by atoms with Crippen LogP contribution in [-0.4, -0.2) is 22.4 Å². The van der Waals surface area contributed by atoms with Crippen LogP contribution in [0.4, 0.5) is 5.69 Å². The molecule has 1 atom stereocenters. The van der Waals surface area contributed by atoms with Crippen molar-refractivity contribution < 1.29 is 4.79 Å². The second kappa shape index (κ2) is 6.91. The van der Waals surface area contributed by atoms with Crippen LogP contribution >= 0.6 is 0 Å². The van der Waals surface area contributed by atoms with Crippen molar-refractivity contribution >= 4 is 23.0 Å². The molecular formula is C14H11N7O2. The van der Waals surface area contributed by atoms with Crippen LogP contribution in [-0.2, 0) is 4.79 Å². The summed E-state index contributed by atoms with van der Waals surface area (Å²) in [5, 5.41) is 27.9. The van der Waals surface area contributed by atoms with Crippen molar-refractivity contribution in [1.82, 2.24) is 5.12 Å². The summed E-state index contributed by atoms with van der Waals surface area (Å²) in [4.78, 5) is 22.1. The van der Waals surface area contributed by atoms with Crippen molar-refractivity contribution in [3.8, 4) is 12.1 Å². The predicted octanol–water partition coefficient (Wildman–Crippen LogP) is 1.76. The molecule has 1 aromatic carbocycles. The van der Waals surface area contributed by atoms with E-state index >= 15 is 0 Å². The summed E-state index contributed by atoms with van der Waals surface area (Å²) >= 11 is 0. The molecule has 2 rings (SSSR count). The van der Waals surface area contributed by atoms with E-state index in [0.29, 0.717) is 16.5 Å². The number of nitrogens with zero attached hydrogens (tertiary/aromatic N) is 6. The van der Waals surface area contributed by atoms with E-state index in [9.17, 15) is 9.70 Å². The molecular weight excluding hydrogens is 298 g/mol. The number of nitriles is 2. The van der Waals surface area contributed by atoms with Gasteiger partial charge in [-0.05, 0) is 17.7 Å². The van der Waals surface area contributed by atoms with Crippen LogP contribution in [0, 0.1) is 33.5 Å². The molecule has 1 amide bonds. The third-order valence-corrected chi connectivity index (χ3v) is 3.14. The van der Waals surface area contributed by atoms with E-state index < -0.39 is 5.91 Å². The maximum Gasteiger partial charge on any atom is 0.268 e. The first-order chi connectivity index (χ1) is 11.1. The quantitative estimate of drug-likeness (QED) is 0.513. The molecule has 1 heterocycles. The largest absolute Gasteiger partial charge is 0.277 e. The van der Waals surface area contributed by atoms with Crippen LogP contribution in [0.25, 0.3) is 0 Å². The topological polar surface area (TPSA) is 134 Å². The molecule has 0 bridgehead atoms. The first-order valence-electron chi connectivity index (χ1n) is 6.58. The third kappa shape index (κ3) is 3.54. The van der Waals surface area contributed by atoms with E-state index in [2.05, 4.69) is 20.9 Å². The van der Waals surface area contributed by atoms with Gasteiger partial charge in [-0.15, -0.1) is 10.0 Å². The summed E-state index contributed by atoms with van der Waals surface area (Å²) in [6, 6.07) is 10.1. The van der Waals surface area contributed by atoms with Gasteiger partial charge in [-0.1, -0.05) is 24.2 Å². The van der Waals surface area contributed by atoms with Gasteiger partial charge in [0.25, 0.3) is 5.91 Å². The van der Waals surface area contributed by atoms with Crippen LogP contribution < -0.4 is 5.43 Å². The van der Waals surface area contributed by atoms with Crippen LogP contribution in [0.2, 0.25) is 0 Å². The zero-order chi connectivity index (χ0) is 16.8. The highest BCUT2D eigenvalue weighted by Crippen LogP contribution is 2.22. The second-order valence-corrected chi connectivity index (χ2v) is 4.73. The van der Waals surface area contributed by atoms with Gasteiger partial charge in [-0.25, -0.2) is 0 Å². The molecule has 9 nitrogen and oxygen atoms in total. The lowest BCUT2D eigenvalue weighted by Crippen LogP contribution is -2.32. The smallest absolute Gasteiger partial charge is 0.268 e.